The van der Waals surface area contributed by atoms with Crippen molar-refractivity contribution in [2.75, 3.05) is 13.7 Å². The van der Waals surface area contributed by atoms with Gasteiger partial charge in [-0.2, -0.15) is 0 Å². The smallest absolute Gasteiger partial charge is 0.338 e. The molecule has 0 fully saturated rings. The van der Waals surface area contributed by atoms with Crippen molar-refractivity contribution in [2.24, 2.45) is 4.99 Å². The van der Waals surface area contributed by atoms with Gasteiger partial charge in [0, 0.05) is 5.02 Å². The van der Waals surface area contributed by atoms with Gasteiger partial charge in [-0.25, -0.2) is 9.79 Å². The van der Waals surface area contributed by atoms with E-state index < -0.39 is 12.0 Å². The van der Waals surface area contributed by atoms with Crippen molar-refractivity contribution in [3.05, 3.63) is 125 Å². The fourth-order valence-electron chi connectivity index (χ4n) is 4.69. The summed E-state index contributed by atoms with van der Waals surface area (Å²) >= 11 is 7.36. The molecule has 1 aliphatic heterocycles. The van der Waals surface area contributed by atoms with Gasteiger partial charge in [0.2, 0.25) is 0 Å². The summed E-state index contributed by atoms with van der Waals surface area (Å²) in [5.74, 6) is 0.624. The quantitative estimate of drug-likeness (QED) is 0.259. The molecule has 0 aliphatic carbocycles. The van der Waals surface area contributed by atoms with Crippen molar-refractivity contribution < 1.29 is 19.0 Å². The van der Waals surface area contributed by atoms with Crippen molar-refractivity contribution in [3.8, 4) is 11.5 Å². The molecule has 9 heteroatoms. The third kappa shape index (κ3) is 5.99. The third-order valence-corrected chi connectivity index (χ3v) is 7.90. The summed E-state index contributed by atoms with van der Waals surface area (Å²) in [4.78, 5) is 32.1. The normalized spacial score (nSPS) is 14.9. The molecule has 1 aromatic heterocycles. The lowest BCUT2D eigenvalue weighted by molar-refractivity contribution is -0.139. The summed E-state index contributed by atoms with van der Waals surface area (Å²) in [5, 5.41) is 0.643. The molecule has 0 amide bonds. The minimum Gasteiger partial charge on any atom is -0.493 e. The molecule has 0 N–H and O–H groups in total. The summed E-state index contributed by atoms with van der Waals surface area (Å²) in [6, 6.07) is 20.1. The number of esters is 1. The van der Waals surface area contributed by atoms with E-state index in [9.17, 15) is 9.59 Å². The number of thiazole rings is 1. The van der Waals surface area contributed by atoms with Crippen LogP contribution in [-0.4, -0.2) is 24.3 Å². The maximum Gasteiger partial charge on any atom is 0.338 e. The van der Waals surface area contributed by atoms with Gasteiger partial charge in [0.05, 0.1) is 35.6 Å². The van der Waals surface area contributed by atoms with Gasteiger partial charge in [0.1, 0.15) is 6.61 Å². The number of fused-ring (bicyclic) bond motifs is 1. The molecule has 7 nitrogen and oxygen atoms in total. The van der Waals surface area contributed by atoms with Crippen LogP contribution in [0.25, 0.3) is 6.08 Å². The second-order valence-corrected chi connectivity index (χ2v) is 11.0. The zero-order valence-electron chi connectivity index (χ0n) is 23.1. The van der Waals surface area contributed by atoms with Gasteiger partial charge in [-0.1, -0.05) is 71.0 Å². The predicted molar refractivity (Wildman–Crippen MR) is 160 cm³/mol. The average Bonchev–Trinajstić information content (AvgIpc) is 3.26. The molecule has 5 rings (SSSR count). The van der Waals surface area contributed by atoms with Crippen LogP contribution in [-0.2, 0) is 16.1 Å². The first-order valence-corrected chi connectivity index (χ1v) is 14.3. The monoisotopic (exact) mass is 588 g/mol. The number of carbonyl (C=O) groups excluding carboxylic acids is 1. The third-order valence-electron chi connectivity index (χ3n) is 6.68. The Hall–Kier alpha value is -4.14. The van der Waals surface area contributed by atoms with Crippen molar-refractivity contribution in [3.63, 3.8) is 0 Å². The maximum absolute atomic E-state index is 13.9. The Morgan fingerprint density at radius 1 is 1.07 bits per heavy atom. The SMILES string of the molecule is CCOC(=O)C1=C(C)N=c2s/c(=C\c3ccc(OCc4cccc(Cl)c4)c(OC)c3)c(=O)n2[C@H]1c1ccc(C)cc1. The van der Waals surface area contributed by atoms with Crippen molar-refractivity contribution in [2.45, 2.75) is 33.4 Å². The largest absolute Gasteiger partial charge is 0.493 e. The number of hydrogen-bond donors (Lipinski definition) is 0. The molecule has 0 radical (unpaired) electrons. The molecule has 41 heavy (non-hydrogen) atoms. The van der Waals surface area contributed by atoms with Crippen LogP contribution < -0.4 is 24.4 Å². The van der Waals surface area contributed by atoms with Crippen molar-refractivity contribution in [1.29, 1.82) is 0 Å². The summed E-state index contributed by atoms with van der Waals surface area (Å²) in [6.07, 6.45) is 1.79. The average molecular weight is 589 g/mol. The van der Waals surface area contributed by atoms with Crippen LogP contribution in [0, 0.1) is 6.92 Å². The number of halogens is 1. The Morgan fingerprint density at radius 3 is 2.56 bits per heavy atom. The van der Waals surface area contributed by atoms with Crippen LogP contribution in [0.4, 0.5) is 0 Å². The van der Waals surface area contributed by atoms with E-state index in [2.05, 4.69) is 4.99 Å². The van der Waals surface area contributed by atoms with Gasteiger partial charge in [0.15, 0.2) is 16.3 Å². The van der Waals surface area contributed by atoms with E-state index in [1.165, 1.54) is 11.3 Å². The number of allylic oxidation sites excluding steroid dienone is 1. The van der Waals surface area contributed by atoms with Crippen LogP contribution in [0.1, 0.15) is 42.1 Å². The maximum atomic E-state index is 13.9. The topological polar surface area (TPSA) is 79.1 Å². The van der Waals surface area contributed by atoms with E-state index in [1.54, 1.807) is 31.6 Å². The van der Waals surface area contributed by atoms with Crippen LogP contribution in [0.5, 0.6) is 11.5 Å². The number of hydrogen-bond acceptors (Lipinski definition) is 7. The Labute approximate surface area is 246 Å². The fraction of sp³-hybridized carbons (Fsp3) is 0.219. The first-order chi connectivity index (χ1) is 19.8. The highest BCUT2D eigenvalue weighted by Crippen LogP contribution is 2.31. The highest BCUT2D eigenvalue weighted by atomic mass is 35.5. The fourth-order valence-corrected chi connectivity index (χ4v) is 5.95. The van der Waals surface area contributed by atoms with Gasteiger partial charge in [-0.3, -0.25) is 9.36 Å². The number of aryl methyl sites for hydroxylation is 1. The summed E-state index contributed by atoms with van der Waals surface area (Å²) in [5.41, 5.74) is 4.23. The molecular weight excluding hydrogens is 560 g/mol. The molecule has 0 unspecified atom stereocenters. The first-order valence-electron chi connectivity index (χ1n) is 13.1. The molecule has 4 aromatic rings. The number of nitrogens with zero attached hydrogens (tertiary/aromatic N) is 2. The lowest BCUT2D eigenvalue weighted by Gasteiger charge is -2.24. The lowest BCUT2D eigenvalue weighted by Crippen LogP contribution is -2.39. The molecule has 0 bridgehead atoms. The number of benzene rings is 3. The highest BCUT2D eigenvalue weighted by molar-refractivity contribution is 7.07. The Bertz CT molecular complexity index is 1820. The van der Waals surface area contributed by atoms with Gasteiger partial charge >= 0.3 is 5.97 Å². The minimum absolute atomic E-state index is 0.224. The second-order valence-electron chi connectivity index (χ2n) is 9.54. The summed E-state index contributed by atoms with van der Waals surface area (Å²) in [6.45, 7) is 6.07. The Morgan fingerprint density at radius 2 is 1.85 bits per heavy atom. The van der Waals surface area contributed by atoms with E-state index >= 15 is 0 Å². The second kappa shape index (κ2) is 12.2. The standard InChI is InChI=1S/C32H29ClN2O5S/c1-5-39-31(37)28-20(3)34-32-35(29(28)23-12-9-19(2)10-13-23)30(36)27(41-32)17-21-11-14-25(26(16-21)38-4)40-18-22-7-6-8-24(33)15-22/h6-17,29H,5,18H2,1-4H3/b27-17-/t29-/m0/s1. The molecule has 0 saturated carbocycles. The zero-order chi connectivity index (χ0) is 29.1. The van der Waals surface area contributed by atoms with Crippen LogP contribution in [0.15, 0.2) is 87.8 Å². The summed E-state index contributed by atoms with van der Waals surface area (Å²) in [7, 11) is 1.57. The predicted octanol–water partition coefficient (Wildman–Crippen LogP) is 5.35. The number of methoxy groups -OCH3 is 1. The molecule has 3 aromatic carbocycles. The molecule has 1 aliphatic rings. The van der Waals surface area contributed by atoms with E-state index in [-0.39, 0.29) is 12.2 Å². The molecule has 210 valence electrons. The van der Waals surface area contributed by atoms with Crippen molar-refractivity contribution in [1.82, 2.24) is 4.57 Å². The number of rotatable bonds is 8. The number of aromatic nitrogens is 1. The van der Waals surface area contributed by atoms with E-state index in [1.807, 2.05) is 73.7 Å². The first kappa shape index (κ1) is 28.4. The molecule has 0 saturated heterocycles. The summed E-state index contributed by atoms with van der Waals surface area (Å²) < 4.78 is 19.0. The zero-order valence-corrected chi connectivity index (χ0v) is 24.7. The molecule has 0 spiro atoms. The van der Waals surface area contributed by atoms with Crippen molar-refractivity contribution >= 4 is 35.0 Å². The molecule has 1 atom stereocenters. The van der Waals surface area contributed by atoms with E-state index in [4.69, 9.17) is 25.8 Å². The van der Waals surface area contributed by atoms with Gasteiger partial charge in [-0.05, 0) is 67.8 Å². The Balaban J connectivity index is 1.54. The van der Waals surface area contributed by atoms with Gasteiger partial charge in [-0.15, -0.1) is 0 Å². The lowest BCUT2D eigenvalue weighted by atomic mass is 9.95. The van der Waals surface area contributed by atoms with Gasteiger partial charge in [0.25, 0.3) is 5.56 Å². The number of ether oxygens (including phenoxy) is 3. The van der Waals surface area contributed by atoms with Crippen LogP contribution in [0.2, 0.25) is 5.02 Å². The van der Waals surface area contributed by atoms with E-state index in [0.29, 0.717) is 43.7 Å². The van der Waals surface area contributed by atoms with Gasteiger partial charge < -0.3 is 14.2 Å². The van der Waals surface area contributed by atoms with E-state index in [0.717, 1.165) is 22.3 Å². The number of carbonyl (C=O) groups is 1. The van der Waals surface area contributed by atoms with Crippen LogP contribution in [0.3, 0.4) is 0 Å². The molecular formula is C32H29ClN2O5S. The molecule has 2 heterocycles. The van der Waals surface area contributed by atoms with Crippen LogP contribution >= 0.6 is 22.9 Å². The minimum atomic E-state index is -0.648. The Kier molecular flexibility index (Phi) is 8.42. The highest BCUT2D eigenvalue weighted by Gasteiger charge is 2.33.